The van der Waals surface area contributed by atoms with Gasteiger partial charge in [0.25, 0.3) is 10.0 Å². The van der Waals surface area contributed by atoms with Gasteiger partial charge < -0.3 is 9.84 Å². The molecule has 1 amide bonds. The van der Waals surface area contributed by atoms with E-state index >= 15 is 0 Å². The fourth-order valence-corrected chi connectivity index (χ4v) is 4.46. The standard InChI is InChI=1S/C16H18N6O4S2/c1-4-12(23)17-15-19-20-16(27-15)28(24,25)22(3)9-13-18-14(21-26-13)11-8-6-5-7-10(11)2/h5-8H,4,9H2,1-3H3,(H,17,19,23). The van der Waals surface area contributed by atoms with E-state index in [0.717, 1.165) is 26.8 Å². The number of carbonyl (C=O) groups is 1. The van der Waals surface area contributed by atoms with E-state index in [4.69, 9.17) is 4.52 Å². The van der Waals surface area contributed by atoms with E-state index in [1.165, 1.54) is 7.05 Å². The van der Waals surface area contributed by atoms with Gasteiger partial charge in [0.05, 0.1) is 6.54 Å². The molecule has 0 atom stereocenters. The Morgan fingerprint density at radius 1 is 1.29 bits per heavy atom. The minimum absolute atomic E-state index is 0.124. The van der Waals surface area contributed by atoms with E-state index in [9.17, 15) is 13.2 Å². The summed E-state index contributed by atoms with van der Waals surface area (Å²) in [4.78, 5) is 15.7. The Kier molecular flexibility index (Phi) is 5.82. The fraction of sp³-hybridized carbons (Fsp3) is 0.312. The molecular weight excluding hydrogens is 404 g/mol. The van der Waals surface area contributed by atoms with Gasteiger partial charge in [0.2, 0.25) is 27.1 Å². The normalized spacial score (nSPS) is 11.7. The van der Waals surface area contributed by atoms with Gasteiger partial charge >= 0.3 is 0 Å². The SMILES string of the molecule is CCC(=O)Nc1nnc(S(=O)(=O)N(C)Cc2nc(-c3ccccc3C)no2)s1. The lowest BCUT2D eigenvalue weighted by atomic mass is 10.1. The highest BCUT2D eigenvalue weighted by Crippen LogP contribution is 2.24. The number of hydrogen-bond acceptors (Lipinski definition) is 9. The highest BCUT2D eigenvalue weighted by Gasteiger charge is 2.28. The third-order valence-corrected chi connectivity index (χ3v) is 6.80. The Morgan fingerprint density at radius 3 is 2.75 bits per heavy atom. The molecule has 2 heterocycles. The molecule has 0 bridgehead atoms. The predicted octanol–water partition coefficient (Wildman–Crippen LogP) is 2.07. The first-order valence-corrected chi connectivity index (χ1v) is 10.5. The minimum Gasteiger partial charge on any atom is -0.338 e. The van der Waals surface area contributed by atoms with Crippen LogP contribution in [-0.2, 0) is 21.4 Å². The molecule has 0 saturated carbocycles. The highest BCUT2D eigenvalue weighted by molar-refractivity contribution is 7.91. The van der Waals surface area contributed by atoms with Crippen LogP contribution in [0.15, 0.2) is 33.1 Å². The van der Waals surface area contributed by atoms with Crippen molar-refractivity contribution in [2.45, 2.75) is 31.2 Å². The van der Waals surface area contributed by atoms with Gasteiger partial charge in [-0.3, -0.25) is 4.79 Å². The first-order valence-electron chi connectivity index (χ1n) is 8.29. The summed E-state index contributed by atoms with van der Waals surface area (Å²) < 4.78 is 31.3. The van der Waals surface area contributed by atoms with Crippen molar-refractivity contribution < 1.29 is 17.7 Å². The summed E-state index contributed by atoms with van der Waals surface area (Å²) in [5.41, 5.74) is 1.79. The van der Waals surface area contributed by atoms with Gasteiger partial charge in [-0.15, -0.1) is 10.2 Å². The summed E-state index contributed by atoms with van der Waals surface area (Å²) >= 11 is 0.776. The molecule has 12 heteroatoms. The first-order chi connectivity index (χ1) is 13.3. The molecule has 0 radical (unpaired) electrons. The van der Waals surface area contributed by atoms with Gasteiger partial charge in [-0.25, -0.2) is 8.42 Å². The molecule has 10 nitrogen and oxygen atoms in total. The van der Waals surface area contributed by atoms with Crippen molar-refractivity contribution in [3.8, 4) is 11.4 Å². The lowest BCUT2D eigenvalue weighted by molar-refractivity contribution is -0.115. The van der Waals surface area contributed by atoms with Crippen molar-refractivity contribution in [2.75, 3.05) is 12.4 Å². The topological polar surface area (TPSA) is 131 Å². The molecule has 0 aliphatic rings. The van der Waals surface area contributed by atoms with Crippen LogP contribution in [-0.4, -0.2) is 46.0 Å². The zero-order chi connectivity index (χ0) is 20.3. The lowest BCUT2D eigenvalue weighted by Crippen LogP contribution is -2.26. The van der Waals surface area contributed by atoms with E-state index < -0.39 is 10.0 Å². The number of anilines is 1. The van der Waals surface area contributed by atoms with E-state index in [0.29, 0.717) is 5.82 Å². The summed E-state index contributed by atoms with van der Waals surface area (Å²) in [6, 6.07) is 7.54. The molecule has 0 aliphatic heterocycles. The molecule has 1 N–H and O–H groups in total. The zero-order valence-electron chi connectivity index (χ0n) is 15.4. The highest BCUT2D eigenvalue weighted by atomic mass is 32.2. The maximum atomic E-state index is 12.7. The minimum atomic E-state index is -3.92. The van der Waals surface area contributed by atoms with Crippen molar-refractivity contribution in [3.63, 3.8) is 0 Å². The monoisotopic (exact) mass is 422 g/mol. The quantitative estimate of drug-likeness (QED) is 0.573. The third-order valence-electron chi connectivity index (χ3n) is 3.82. The summed E-state index contributed by atoms with van der Waals surface area (Å²) in [6.07, 6.45) is 0.252. The van der Waals surface area contributed by atoms with Crippen molar-refractivity contribution >= 4 is 32.4 Å². The molecule has 2 aromatic heterocycles. The molecule has 0 saturated heterocycles. The molecule has 0 aliphatic carbocycles. The number of hydrogen-bond donors (Lipinski definition) is 1. The lowest BCUT2D eigenvalue weighted by Gasteiger charge is -2.11. The van der Waals surface area contributed by atoms with Crippen molar-refractivity contribution in [2.24, 2.45) is 0 Å². The molecule has 3 rings (SSSR count). The van der Waals surface area contributed by atoms with Crippen LogP contribution in [0.25, 0.3) is 11.4 Å². The second-order valence-electron chi connectivity index (χ2n) is 5.86. The van der Waals surface area contributed by atoms with E-state index in [1.54, 1.807) is 6.92 Å². The number of benzene rings is 1. The van der Waals surface area contributed by atoms with E-state index in [1.807, 2.05) is 31.2 Å². The fourth-order valence-electron chi connectivity index (χ4n) is 2.23. The number of amides is 1. The van der Waals surface area contributed by atoms with Gasteiger partial charge in [-0.05, 0) is 12.5 Å². The average Bonchev–Trinajstić information content (AvgIpc) is 3.32. The predicted molar refractivity (Wildman–Crippen MR) is 102 cm³/mol. The Labute approximate surface area is 165 Å². The molecule has 28 heavy (non-hydrogen) atoms. The van der Waals surface area contributed by atoms with Crippen molar-refractivity contribution in [1.82, 2.24) is 24.6 Å². The van der Waals surface area contributed by atoms with Gasteiger partial charge in [0.1, 0.15) is 0 Å². The van der Waals surface area contributed by atoms with Crippen LogP contribution in [0.3, 0.4) is 0 Å². The second kappa shape index (κ2) is 8.12. The number of rotatable bonds is 7. The van der Waals surface area contributed by atoms with Crippen LogP contribution in [0, 0.1) is 6.92 Å². The largest absolute Gasteiger partial charge is 0.338 e. The van der Waals surface area contributed by atoms with Crippen LogP contribution in [0.4, 0.5) is 5.13 Å². The van der Waals surface area contributed by atoms with E-state index in [2.05, 4.69) is 25.7 Å². The molecule has 0 unspecified atom stereocenters. The van der Waals surface area contributed by atoms with Crippen LogP contribution in [0.2, 0.25) is 0 Å². The summed E-state index contributed by atoms with van der Waals surface area (Å²) in [5.74, 6) is 0.260. The van der Waals surface area contributed by atoms with Gasteiger partial charge in [0, 0.05) is 19.0 Å². The number of aryl methyl sites for hydroxylation is 1. The van der Waals surface area contributed by atoms with E-state index in [-0.39, 0.29) is 34.2 Å². The molecule has 148 valence electrons. The van der Waals surface area contributed by atoms with Gasteiger partial charge in [0.15, 0.2) is 0 Å². The Bertz CT molecular complexity index is 1090. The smallest absolute Gasteiger partial charge is 0.272 e. The number of nitrogens with zero attached hydrogens (tertiary/aromatic N) is 5. The van der Waals surface area contributed by atoms with Crippen LogP contribution in [0.5, 0.6) is 0 Å². The summed E-state index contributed by atoms with van der Waals surface area (Å²) in [7, 11) is -2.55. The molecular formula is C16H18N6O4S2. The number of carbonyl (C=O) groups excluding carboxylic acids is 1. The van der Waals surface area contributed by atoms with Crippen molar-refractivity contribution in [3.05, 3.63) is 35.7 Å². The second-order valence-corrected chi connectivity index (χ2v) is 9.06. The van der Waals surface area contributed by atoms with Crippen LogP contribution in [0.1, 0.15) is 24.8 Å². The number of aromatic nitrogens is 4. The molecule has 1 aromatic carbocycles. The third kappa shape index (κ3) is 4.24. The Hall–Kier alpha value is -2.70. The Balaban J connectivity index is 1.75. The van der Waals surface area contributed by atoms with Gasteiger partial charge in [-0.1, -0.05) is 47.7 Å². The number of nitrogens with one attached hydrogen (secondary N) is 1. The van der Waals surface area contributed by atoms with Crippen LogP contribution < -0.4 is 5.32 Å². The average molecular weight is 422 g/mol. The molecule has 3 aromatic rings. The molecule has 0 fully saturated rings. The maximum Gasteiger partial charge on any atom is 0.272 e. The van der Waals surface area contributed by atoms with Crippen molar-refractivity contribution in [1.29, 1.82) is 0 Å². The summed E-state index contributed by atoms with van der Waals surface area (Å²) in [5, 5.41) is 13.9. The van der Waals surface area contributed by atoms with Gasteiger partial charge in [-0.2, -0.15) is 9.29 Å². The molecule has 0 spiro atoms. The van der Waals surface area contributed by atoms with Crippen LogP contribution >= 0.6 is 11.3 Å². The first kappa shape index (κ1) is 20.0. The Morgan fingerprint density at radius 2 is 2.04 bits per heavy atom. The zero-order valence-corrected chi connectivity index (χ0v) is 17.0. The number of sulfonamides is 1. The maximum absolute atomic E-state index is 12.7. The summed E-state index contributed by atoms with van der Waals surface area (Å²) in [6.45, 7) is 3.47.